The number of rotatable bonds is 5. The standard InChI is InChI=1S/C10H23ClO2Si/c1-10(2,3)8(7-11)6-9(12)13-14(4)5/h8-9,12,14H,6-7H2,1-5H3/t8-,9?/m1/s1. The Hall–Kier alpha value is 0.427. The molecule has 0 amide bonds. The molecule has 0 saturated heterocycles. The molecule has 0 rings (SSSR count). The van der Waals surface area contributed by atoms with Gasteiger partial charge in [0.1, 0.15) is 6.29 Å². The van der Waals surface area contributed by atoms with E-state index in [4.69, 9.17) is 16.0 Å². The van der Waals surface area contributed by atoms with Crippen molar-refractivity contribution in [2.45, 2.75) is 46.6 Å². The third kappa shape index (κ3) is 6.01. The normalized spacial score (nSPS) is 17.1. The molecule has 14 heavy (non-hydrogen) atoms. The molecule has 86 valence electrons. The van der Waals surface area contributed by atoms with Crippen molar-refractivity contribution in [2.75, 3.05) is 5.88 Å². The zero-order chi connectivity index (χ0) is 11.4. The quantitative estimate of drug-likeness (QED) is 0.453. The minimum Gasteiger partial charge on any atom is -0.396 e. The summed E-state index contributed by atoms with van der Waals surface area (Å²) in [6, 6.07) is 0. The average Bonchev–Trinajstić information content (AvgIpc) is 1.96. The van der Waals surface area contributed by atoms with Crippen LogP contribution in [0, 0.1) is 11.3 Å². The van der Waals surface area contributed by atoms with Gasteiger partial charge >= 0.3 is 0 Å². The Balaban J connectivity index is 4.06. The van der Waals surface area contributed by atoms with E-state index in [9.17, 15) is 5.11 Å². The van der Waals surface area contributed by atoms with Gasteiger partial charge in [-0.05, 0) is 24.4 Å². The molecule has 0 aromatic rings. The van der Waals surface area contributed by atoms with E-state index >= 15 is 0 Å². The topological polar surface area (TPSA) is 29.5 Å². The lowest BCUT2D eigenvalue weighted by Gasteiger charge is -2.31. The molecule has 0 aromatic heterocycles. The average molecular weight is 239 g/mol. The summed E-state index contributed by atoms with van der Waals surface area (Å²) in [5.41, 5.74) is 0.130. The maximum Gasteiger partial charge on any atom is 0.174 e. The van der Waals surface area contributed by atoms with Crippen LogP contribution in [-0.4, -0.2) is 26.3 Å². The van der Waals surface area contributed by atoms with Crippen molar-refractivity contribution in [2.24, 2.45) is 11.3 Å². The van der Waals surface area contributed by atoms with Gasteiger partial charge in [0.05, 0.1) is 0 Å². The van der Waals surface area contributed by atoms with E-state index in [0.717, 1.165) is 0 Å². The molecule has 0 aromatic carbocycles. The second kappa shape index (κ2) is 6.11. The molecule has 2 nitrogen and oxygen atoms in total. The molecule has 0 aliphatic heterocycles. The lowest BCUT2D eigenvalue weighted by atomic mass is 9.80. The van der Waals surface area contributed by atoms with E-state index < -0.39 is 15.3 Å². The fourth-order valence-electron chi connectivity index (χ4n) is 1.26. The van der Waals surface area contributed by atoms with Crippen LogP contribution in [0.4, 0.5) is 0 Å². The van der Waals surface area contributed by atoms with Crippen LogP contribution in [-0.2, 0) is 4.43 Å². The maximum atomic E-state index is 9.64. The Kier molecular flexibility index (Phi) is 6.29. The fourth-order valence-corrected chi connectivity index (χ4v) is 2.59. The third-order valence-corrected chi connectivity index (χ3v) is 3.56. The number of halogens is 1. The van der Waals surface area contributed by atoms with Crippen LogP contribution < -0.4 is 0 Å². The van der Waals surface area contributed by atoms with E-state index in [-0.39, 0.29) is 5.41 Å². The summed E-state index contributed by atoms with van der Waals surface area (Å²) in [5, 5.41) is 9.64. The van der Waals surface area contributed by atoms with Gasteiger partial charge in [-0.2, -0.15) is 0 Å². The van der Waals surface area contributed by atoms with E-state index in [1.165, 1.54) is 0 Å². The lowest BCUT2D eigenvalue weighted by Crippen LogP contribution is -2.30. The monoisotopic (exact) mass is 238 g/mol. The van der Waals surface area contributed by atoms with Crippen molar-refractivity contribution >= 4 is 20.6 Å². The number of hydrogen-bond donors (Lipinski definition) is 1. The van der Waals surface area contributed by atoms with Crippen LogP contribution in [0.2, 0.25) is 13.1 Å². The Bertz CT molecular complexity index is 157. The zero-order valence-electron chi connectivity index (χ0n) is 9.88. The molecule has 0 heterocycles. The first-order chi connectivity index (χ1) is 6.27. The first-order valence-electron chi connectivity index (χ1n) is 5.16. The minimum absolute atomic E-state index is 0.130. The molecule has 0 saturated carbocycles. The van der Waals surface area contributed by atoms with E-state index in [1.54, 1.807) is 0 Å². The number of hydrogen-bond acceptors (Lipinski definition) is 2. The number of aliphatic hydroxyl groups is 1. The number of alkyl halides is 1. The smallest absolute Gasteiger partial charge is 0.174 e. The van der Waals surface area contributed by atoms with E-state index in [1.807, 2.05) is 0 Å². The first kappa shape index (κ1) is 14.4. The van der Waals surface area contributed by atoms with Gasteiger partial charge < -0.3 is 9.53 Å². The molecule has 1 unspecified atom stereocenters. The van der Waals surface area contributed by atoms with Gasteiger partial charge in [0.25, 0.3) is 0 Å². The van der Waals surface area contributed by atoms with Crippen LogP contribution in [0.1, 0.15) is 27.2 Å². The molecule has 0 spiro atoms. The van der Waals surface area contributed by atoms with Crippen LogP contribution in [0.15, 0.2) is 0 Å². The molecule has 0 radical (unpaired) electrons. The molecule has 0 fully saturated rings. The Morgan fingerprint density at radius 3 is 2.14 bits per heavy atom. The van der Waals surface area contributed by atoms with Crippen LogP contribution >= 0.6 is 11.6 Å². The highest BCUT2D eigenvalue weighted by atomic mass is 35.5. The van der Waals surface area contributed by atoms with Crippen molar-refractivity contribution in [1.29, 1.82) is 0 Å². The van der Waals surface area contributed by atoms with Crippen molar-refractivity contribution in [3.63, 3.8) is 0 Å². The predicted octanol–water partition coefficient (Wildman–Crippen LogP) is 2.60. The molecular formula is C10H23ClO2Si. The first-order valence-corrected chi connectivity index (χ1v) is 8.48. The fraction of sp³-hybridized carbons (Fsp3) is 1.00. The van der Waals surface area contributed by atoms with E-state index in [2.05, 4.69) is 33.9 Å². The summed E-state index contributed by atoms with van der Waals surface area (Å²) in [7, 11) is -1.15. The second-order valence-electron chi connectivity index (χ2n) is 5.09. The SMILES string of the molecule is C[SiH](C)OC(O)C[C@H](CCl)C(C)(C)C. The zero-order valence-corrected chi connectivity index (χ0v) is 11.8. The van der Waals surface area contributed by atoms with Crippen molar-refractivity contribution < 1.29 is 9.53 Å². The predicted molar refractivity (Wildman–Crippen MR) is 64.3 cm³/mol. The summed E-state index contributed by atoms with van der Waals surface area (Å²) in [4.78, 5) is 0. The van der Waals surface area contributed by atoms with Crippen molar-refractivity contribution in [3.05, 3.63) is 0 Å². The van der Waals surface area contributed by atoms with Crippen molar-refractivity contribution in [3.8, 4) is 0 Å². The summed E-state index contributed by atoms with van der Waals surface area (Å²) in [5.74, 6) is 0.871. The summed E-state index contributed by atoms with van der Waals surface area (Å²) < 4.78 is 5.41. The maximum absolute atomic E-state index is 9.64. The summed E-state index contributed by atoms with van der Waals surface area (Å²) in [6.45, 7) is 10.5. The Morgan fingerprint density at radius 2 is 1.86 bits per heavy atom. The summed E-state index contributed by atoms with van der Waals surface area (Å²) in [6.07, 6.45) is 0.00249. The molecular weight excluding hydrogens is 216 g/mol. The third-order valence-electron chi connectivity index (χ3n) is 2.33. The van der Waals surface area contributed by atoms with Crippen LogP contribution in [0.25, 0.3) is 0 Å². The molecule has 4 heteroatoms. The molecule has 1 N–H and O–H groups in total. The molecule has 2 atom stereocenters. The largest absolute Gasteiger partial charge is 0.396 e. The Morgan fingerprint density at radius 1 is 1.36 bits per heavy atom. The molecule has 0 aliphatic carbocycles. The van der Waals surface area contributed by atoms with Crippen molar-refractivity contribution in [1.82, 2.24) is 0 Å². The van der Waals surface area contributed by atoms with Gasteiger partial charge in [0.15, 0.2) is 9.04 Å². The van der Waals surface area contributed by atoms with Gasteiger partial charge in [-0.25, -0.2) is 0 Å². The summed E-state index contributed by atoms with van der Waals surface area (Å²) >= 11 is 5.88. The number of aliphatic hydroxyl groups excluding tert-OH is 1. The van der Waals surface area contributed by atoms with Crippen LogP contribution in [0.5, 0.6) is 0 Å². The van der Waals surface area contributed by atoms with Gasteiger partial charge in [-0.15, -0.1) is 11.6 Å². The van der Waals surface area contributed by atoms with Gasteiger partial charge in [0.2, 0.25) is 0 Å². The molecule has 0 aliphatic rings. The second-order valence-corrected chi connectivity index (χ2v) is 7.77. The van der Waals surface area contributed by atoms with Gasteiger partial charge in [-0.1, -0.05) is 20.8 Å². The Labute approximate surface area is 94.3 Å². The van der Waals surface area contributed by atoms with E-state index in [0.29, 0.717) is 18.2 Å². The lowest BCUT2D eigenvalue weighted by molar-refractivity contribution is -0.0448. The minimum atomic E-state index is -1.15. The highest BCUT2D eigenvalue weighted by Crippen LogP contribution is 2.30. The van der Waals surface area contributed by atoms with Gasteiger partial charge in [-0.3, -0.25) is 0 Å². The van der Waals surface area contributed by atoms with Crippen LogP contribution in [0.3, 0.4) is 0 Å². The highest BCUT2D eigenvalue weighted by Gasteiger charge is 2.26. The highest BCUT2D eigenvalue weighted by molar-refractivity contribution is 6.48. The van der Waals surface area contributed by atoms with Gasteiger partial charge in [0, 0.05) is 12.3 Å². The molecule has 0 bridgehead atoms.